The maximum Gasteiger partial charge on any atom is 0.339 e. The molecule has 1 heterocycles. The van der Waals surface area contributed by atoms with Gasteiger partial charge in [0.05, 0.1) is 12.2 Å². The predicted molar refractivity (Wildman–Crippen MR) is 96.0 cm³/mol. The topological polar surface area (TPSA) is 93.3 Å². The number of nitrogens with zero attached hydrogens (tertiary/aromatic N) is 2. The van der Waals surface area contributed by atoms with E-state index in [9.17, 15) is 9.59 Å². The van der Waals surface area contributed by atoms with Gasteiger partial charge in [0.15, 0.2) is 6.61 Å². The Balaban J connectivity index is 2.04. The Kier molecular flexibility index (Phi) is 6.39. The van der Waals surface area contributed by atoms with Crippen LogP contribution in [0.25, 0.3) is 0 Å². The third kappa shape index (κ3) is 4.63. The van der Waals surface area contributed by atoms with E-state index in [4.69, 9.17) is 14.7 Å². The first-order valence-electron chi connectivity index (χ1n) is 8.19. The Labute approximate surface area is 152 Å². The fourth-order valence-corrected chi connectivity index (χ4v) is 2.55. The number of hydrogen-bond donors (Lipinski definition) is 1. The minimum atomic E-state index is -0.389. The minimum Gasteiger partial charge on any atom is -0.479 e. The third-order valence-electron chi connectivity index (χ3n) is 3.81. The van der Waals surface area contributed by atoms with Crippen molar-refractivity contribution in [2.24, 2.45) is 0 Å². The van der Waals surface area contributed by atoms with Crippen LogP contribution in [-0.2, 0) is 16.1 Å². The molecule has 1 amide bonds. The number of nitrogens with one attached hydrogen (secondary N) is 1. The lowest BCUT2D eigenvalue weighted by atomic mass is 10.2. The van der Waals surface area contributed by atoms with Gasteiger partial charge < -0.3 is 19.4 Å². The van der Waals surface area contributed by atoms with Crippen molar-refractivity contribution in [2.45, 2.75) is 27.3 Å². The number of aromatic nitrogens is 1. The highest BCUT2D eigenvalue weighted by Gasteiger charge is 2.18. The molecule has 0 aliphatic heterocycles. The molecule has 0 fully saturated rings. The van der Waals surface area contributed by atoms with Gasteiger partial charge in [-0.15, -0.1) is 0 Å². The number of anilines is 1. The van der Waals surface area contributed by atoms with Gasteiger partial charge in [0, 0.05) is 17.1 Å². The van der Waals surface area contributed by atoms with Crippen LogP contribution in [0.3, 0.4) is 0 Å². The summed E-state index contributed by atoms with van der Waals surface area (Å²) in [5, 5.41) is 11.3. The largest absolute Gasteiger partial charge is 0.479 e. The number of carbonyl (C=O) groups excluding carboxylic acids is 2. The lowest BCUT2D eigenvalue weighted by Crippen LogP contribution is -2.20. The number of rotatable bonds is 7. The van der Waals surface area contributed by atoms with E-state index in [2.05, 4.69) is 5.32 Å². The van der Waals surface area contributed by atoms with Crippen molar-refractivity contribution >= 4 is 17.6 Å². The van der Waals surface area contributed by atoms with Gasteiger partial charge in [-0.05, 0) is 51.1 Å². The molecule has 1 aromatic carbocycles. The summed E-state index contributed by atoms with van der Waals surface area (Å²) in [4.78, 5) is 24.3. The van der Waals surface area contributed by atoms with Crippen LogP contribution in [0.5, 0.6) is 5.75 Å². The second kappa shape index (κ2) is 8.72. The van der Waals surface area contributed by atoms with E-state index in [0.29, 0.717) is 29.3 Å². The van der Waals surface area contributed by atoms with Crippen molar-refractivity contribution in [3.8, 4) is 11.8 Å². The molecule has 0 aliphatic rings. The summed E-state index contributed by atoms with van der Waals surface area (Å²) in [5.41, 5.74) is 2.58. The molecule has 0 saturated heterocycles. The van der Waals surface area contributed by atoms with Crippen LogP contribution in [0.4, 0.5) is 5.69 Å². The van der Waals surface area contributed by atoms with Crippen LogP contribution < -0.4 is 10.1 Å². The summed E-state index contributed by atoms with van der Waals surface area (Å²) in [6, 6.07) is 10.4. The van der Waals surface area contributed by atoms with Gasteiger partial charge in [0.2, 0.25) is 5.91 Å². The number of nitriles is 1. The lowest BCUT2D eigenvalue weighted by Gasteiger charge is -2.11. The SMILES string of the molecule is CCOC(=O)c1cc(C)n(CC(=O)Nc2ccc(OCC#N)cc2)c1C. The molecule has 1 aromatic heterocycles. The molecular weight excluding hydrogens is 334 g/mol. The molecule has 0 atom stereocenters. The van der Waals surface area contributed by atoms with E-state index in [-0.39, 0.29) is 25.0 Å². The highest BCUT2D eigenvalue weighted by atomic mass is 16.5. The standard InChI is InChI=1S/C19H21N3O4/c1-4-25-19(24)17-11-13(2)22(14(17)3)12-18(23)21-15-5-7-16(8-6-15)26-10-9-20/h5-8,11H,4,10,12H2,1-3H3,(H,21,23). The van der Waals surface area contributed by atoms with Crippen LogP contribution >= 0.6 is 0 Å². The first kappa shape index (κ1) is 19.1. The van der Waals surface area contributed by atoms with E-state index in [0.717, 1.165) is 5.69 Å². The van der Waals surface area contributed by atoms with Gasteiger partial charge in [0.1, 0.15) is 18.4 Å². The zero-order valence-corrected chi connectivity index (χ0v) is 15.0. The van der Waals surface area contributed by atoms with Gasteiger partial charge >= 0.3 is 5.97 Å². The van der Waals surface area contributed by atoms with E-state index in [1.807, 2.05) is 13.0 Å². The Bertz CT molecular complexity index is 832. The average Bonchev–Trinajstić information content (AvgIpc) is 2.89. The third-order valence-corrected chi connectivity index (χ3v) is 3.81. The van der Waals surface area contributed by atoms with Gasteiger partial charge in [-0.3, -0.25) is 4.79 Å². The molecule has 136 valence electrons. The van der Waals surface area contributed by atoms with E-state index in [1.54, 1.807) is 48.7 Å². The van der Waals surface area contributed by atoms with Crippen molar-refractivity contribution in [3.63, 3.8) is 0 Å². The monoisotopic (exact) mass is 355 g/mol. The van der Waals surface area contributed by atoms with E-state index < -0.39 is 0 Å². The van der Waals surface area contributed by atoms with Gasteiger partial charge in [-0.2, -0.15) is 5.26 Å². The molecule has 2 aromatic rings. The fraction of sp³-hybridized carbons (Fsp3) is 0.316. The number of amides is 1. The maximum atomic E-state index is 12.3. The highest BCUT2D eigenvalue weighted by Crippen LogP contribution is 2.18. The second-order valence-electron chi connectivity index (χ2n) is 5.61. The molecule has 0 unspecified atom stereocenters. The van der Waals surface area contributed by atoms with Crippen LogP contribution in [-0.4, -0.2) is 29.7 Å². The molecule has 0 saturated carbocycles. The van der Waals surface area contributed by atoms with Crippen LogP contribution in [0, 0.1) is 25.2 Å². The number of benzene rings is 1. The van der Waals surface area contributed by atoms with Crippen LogP contribution in [0.15, 0.2) is 30.3 Å². The first-order valence-corrected chi connectivity index (χ1v) is 8.19. The smallest absolute Gasteiger partial charge is 0.339 e. The molecule has 26 heavy (non-hydrogen) atoms. The Morgan fingerprint density at radius 3 is 2.54 bits per heavy atom. The summed E-state index contributed by atoms with van der Waals surface area (Å²) < 4.78 is 12.0. The Morgan fingerprint density at radius 1 is 1.23 bits per heavy atom. The van der Waals surface area contributed by atoms with Gasteiger partial charge in [-0.25, -0.2) is 4.79 Å². The average molecular weight is 355 g/mol. The normalized spacial score (nSPS) is 10.1. The number of ether oxygens (including phenoxy) is 2. The quantitative estimate of drug-likeness (QED) is 0.771. The number of hydrogen-bond acceptors (Lipinski definition) is 5. The molecule has 2 rings (SSSR count). The summed E-state index contributed by atoms with van der Waals surface area (Å²) in [6.45, 7) is 5.74. The van der Waals surface area contributed by atoms with Crippen molar-refractivity contribution in [1.29, 1.82) is 5.26 Å². The van der Waals surface area contributed by atoms with Crippen LogP contribution in [0.1, 0.15) is 28.7 Å². The predicted octanol–water partition coefficient (Wildman–Crippen LogP) is 2.82. The van der Waals surface area contributed by atoms with E-state index >= 15 is 0 Å². The Hall–Kier alpha value is -3.27. The summed E-state index contributed by atoms with van der Waals surface area (Å²) in [7, 11) is 0. The lowest BCUT2D eigenvalue weighted by molar-refractivity contribution is -0.116. The van der Waals surface area contributed by atoms with Gasteiger partial charge in [-0.1, -0.05) is 0 Å². The second-order valence-corrected chi connectivity index (χ2v) is 5.61. The van der Waals surface area contributed by atoms with E-state index in [1.165, 1.54) is 0 Å². The molecule has 7 nitrogen and oxygen atoms in total. The number of aryl methyl sites for hydroxylation is 1. The molecule has 0 bridgehead atoms. The summed E-state index contributed by atoms with van der Waals surface area (Å²) >= 11 is 0. The number of carbonyl (C=O) groups is 2. The minimum absolute atomic E-state index is 0.0271. The van der Waals surface area contributed by atoms with Crippen molar-refractivity contribution in [2.75, 3.05) is 18.5 Å². The fourth-order valence-electron chi connectivity index (χ4n) is 2.55. The molecule has 7 heteroatoms. The molecule has 0 spiro atoms. The van der Waals surface area contributed by atoms with Gasteiger partial charge in [0.25, 0.3) is 0 Å². The molecule has 1 N–H and O–H groups in total. The van der Waals surface area contributed by atoms with Crippen molar-refractivity contribution in [1.82, 2.24) is 4.57 Å². The summed E-state index contributed by atoms with van der Waals surface area (Å²) in [6.07, 6.45) is 0. The highest BCUT2D eigenvalue weighted by molar-refractivity contribution is 5.93. The maximum absolute atomic E-state index is 12.3. The zero-order valence-electron chi connectivity index (χ0n) is 15.0. The molecular formula is C19H21N3O4. The first-order chi connectivity index (χ1) is 12.5. The molecule has 0 radical (unpaired) electrons. The van der Waals surface area contributed by atoms with Crippen molar-refractivity contribution in [3.05, 3.63) is 47.3 Å². The Morgan fingerprint density at radius 2 is 1.92 bits per heavy atom. The number of esters is 1. The zero-order chi connectivity index (χ0) is 19.1. The molecule has 0 aliphatic carbocycles. The summed E-state index contributed by atoms with van der Waals surface area (Å²) in [5.74, 6) is -0.0474. The van der Waals surface area contributed by atoms with Crippen LogP contribution in [0.2, 0.25) is 0 Å². The van der Waals surface area contributed by atoms with Crippen molar-refractivity contribution < 1.29 is 19.1 Å².